The molecule has 0 spiro atoms. The van der Waals surface area contributed by atoms with E-state index < -0.39 is 36.9 Å². The fourth-order valence-electron chi connectivity index (χ4n) is 3.63. The molecule has 0 unspecified atom stereocenters. The molecule has 0 radical (unpaired) electrons. The van der Waals surface area contributed by atoms with Gasteiger partial charge in [-0.05, 0) is 44.0 Å². The van der Waals surface area contributed by atoms with Crippen LogP contribution < -0.4 is 5.32 Å². The predicted molar refractivity (Wildman–Crippen MR) is 114 cm³/mol. The highest BCUT2D eigenvalue weighted by molar-refractivity contribution is 9.12. The zero-order valence-electron chi connectivity index (χ0n) is 16.1. The number of hydrogen-bond acceptors (Lipinski definition) is 6. The van der Waals surface area contributed by atoms with Gasteiger partial charge in [-0.15, -0.1) is 0 Å². The molecule has 1 N–H and O–H groups in total. The molecule has 1 heterocycles. The standard InChI is InChI=1S/C20H20Br2N2O6/c1-10(25)11-2-4-12(5-3-11)23-17(26)9-30-18(27)8-24-19(28)13-6-15(21)16(22)7-14(13)20(24)29/h2-5,13-16H,6-9H2,1H3,(H,23,26)/t13-,14+,15-,16-/m0/s1. The summed E-state index contributed by atoms with van der Waals surface area (Å²) in [7, 11) is 0. The van der Waals surface area contributed by atoms with Crippen molar-refractivity contribution in [2.45, 2.75) is 29.4 Å². The van der Waals surface area contributed by atoms with Crippen LogP contribution in [0.25, 0.3) is 0 Å². The summed E-state index contributed by atoms with van der Waals surface area (Å²) in [5, 5.41) is 2.54. The number of nitrogens with one attached hydrogen (secondary N) is 1. The van der Waals surface area contributed by atoms with E-state index in [1.807, 2.05) is 0 Å². The lowest BCUT2D eigenvalue weighted by molar-refractivity contribution is -0.154. The normalized spacial score (nSPS) is 25.6. The second-order valence-corrected chi connectivity index (χ2v) is 9.67. The fraction of sp³-hybridized carbons (Fsp3) is 0.450. The lowest BCUT2D eigenvalue weighted by Gasteiger charge is -2.29. The molecule has 2 aliphatic rings. The number of carbonyl (C=O) groups excluding carboxylic acids is 5. The number of amides is 3. The monoisotopic (exact) mass is 542 g/mol. The number of fused-ring (bicyclic) bond motifs is 1. The molecule has 1 saturated carbocycles. The van der Waals surface area contributed by atoms with Gasteiger partial charge in [0.1, 0.15) is 6.54 Å². The van der Waals surface area contributed by atoms with Gasteiger partial charge in [-0.25, -0.2) is 0 Å². The Morgan fingerprint density at radius 3 is 2.07 bits per heavy atom. The summed E-state index contributed by atoms with van der Waals surface area (Å²) in [4.78, 5) is 61.5. The van der Waals surface area contributed by atoms with E-state index in [1.165, 1.54) is 6.92 Å². The van der Waals surface area contributed by atoms with Crippen molar-refractivity contribution >= 4 is 67.0 Å². The number of halogens is 2. The minimum atomic E-state index is -0.830. The van der Waals surface area contributed by atoms with Crippen LogP contribution in [-0.4, -0.2) is 57.2 Å². The first kappa shape index (κ1) is 22.6. The number of Topliss-reactive ketones (excluding diaryl/α,β-unsaturated/α-hetero) is 1. The molecule has 0 aromatic heterocycles. The quantitative estimate of drug-likeness (QED) is 0.255. The van der Waals surface area contributed by atoms with Crippen molar-refractivity contribution in [2.24, 2.45) is 11.8 Å². The Morgan fingerprint density at radius 2 is 1.57 bits per heavy atom. The van der Waals surface area contributed by atoms with Crippen LogP contribution in [0, 0.1) is 11.8 Å². The maximum absolute atomic E-state index is 12.6. The molecule has 8 nitrogen and oxygen atoms in total. The number of benzene rings is 1. The number of ether oxygens (including phenoxy) is 1. The summed E-state index contributed by atoms with van der Waals surface area (Å²) in [6, 6.07) is 6.27. The smallest absolute Gasteiger partial charge is 0.326 e. The van der Waals surface area contributed by atoms with Crippen molar-refractivity contribution in [2.75, 3.05) is 18.5 Å². The molecule has 1 aliphatic heterocycles. The van der Waals surface area contributed by atoms with Gasteiger partial charge in [0.05, 0.1) is 11.8 Å². The number of ketones is 1. The third-order valence-electron chi connectivity index (χ3n) is 5.23. The van der Waals surface area contributed by atoms with Crippen LogP contribution >= 0.6 is 31.9 Å². The maximum atomic E-state index is 12.6. The second-order valence-electron chi connectivity index (χ2n) is 7.32. The molecule has 30 heavy (non-hydrogen) atoms. The van der Waals surface area contributed by atoms with Gasteiger partial charge in [-0.1, -0.05) is 31.9 Å². The summed E-state index contributed by atoms with van der Waals surface area (Å²) in [6.45, 7) is 0.378. The number of nitrogens with zero attached hydrogens (tertiary/aromatic N) is 1. The average Bonchev–Trinajstić information content (AvgIpc) is 2.91. The zero-order valence-corrected chi connectivity index (χ0v) is 19.3. The van der Waals surface area contributed by atoms with Crippen molar-refractivity contribution in [3.05, 3.63) is 29.8 Å². The number of alkyl halides is 2. The highest BCUT2D eigenvalue weighted by Gasteiger charge is 2.52. The number of hydrogen-bond donors (Lipinski definition) is 1. The van der Waals surface area contributed by atoms with E-state index in [2.05, 4.69) is 37.2 Å². The van der Waals surface area contributed by atoms with Crippen molar-refractivity contribution in [1.29, 1.82) is 0 Å². The molecule has 1 aliphatic carbocycles. The van der Waals surface area contributed by atoms with Gasteiger partial charge in [-0.2, -0.15) is 0 Å². The summed E-state index contributed by atoms with van der Waals surface area (Å²) in [5.41, 5.74) is 0.959. The number of likely N-dealkylation sites (tertiary alicyclic amines) is 1. The summed E-state index contributed by atoms with van der Waals surface area (Å²) < 4.78 is 4.92. The Bertz CT molecular complexity index is 860. The Hall–Kier alpha value is -2.07. The van der Waals surface area contributed by atoms with Crippen molar-refractivity contribution < 1.29 is 28.7 Å². The molecular formula is C20H20Br2N2O6. The van der Waals surface area contributed by atoms with Crippen LogP contribution in [0.2, 0.25) is 0 Å². The number of rotatable bonds is 6. The van der Waals surface area contributed by atoms with E-state index in [0.29, 0.717) is 24.1 Å². The molecule has 160 valence electrons. The predicted octanol–water partition coefficient (Wildman–Crippen LogP) is 2.29. The molecule has 3 rings (SSSR count). The Balaban J connectivity index is 1.49. The third kappa shape index (κ3) is 4.97. The van der Waals surface area contributed by atoms with E-state index in [4.69, 9.17) is 4.74 Å². The lowest BCUT2D eigenvalue weighted by Crippen LogP contribution is -2.37. The van der Waals surface area contributed by atoms with Gasteiger partial charge < -0.3 is 10.1 Å². The van der Waals surface area contributed by atoms with E-state index in [9.17, 15) is 24.0 Å². The molecule has 10 heteroatoms. The number of carbonyl (C=O) groups is 5. The van der Waals surface area contributed by atoms with Gasteiger partial charge in [-0.3, -0.25) is 28.9 Å². The van der Waals surface area contributed by atoms with Gasteiger partial charge in [0.2, 0.25) is 11.8 Å². The molecule has 0 bridgehead atoms. The molecule has 1 aromatic rings. The SMILES string of the molecule is CC(=O)c1ccc(NC(=O)COC(=O)CN2C(=O)[C@H]3C[C@H](Br)[C@@H](Br)C[C@H]3C2=O)cc1. The first-order chi connectivity index (χ1) is 14.2. The summed E-state index contributed by atoms with van der Waals surface area (Å²) in [5.74, 6) is -3.12. The molecule has 1 aromatic carbocycles. The minimum absolute atomic E-state index is 0.0793. The van der Waals surface area contributed by atoms with Crippen molar-refractivity contribution in [1.82, 2.24) is 4.90 Å². The first-order valence-corrected chi connectivity index (χ1v) is 11.2. The third-order valence-corrected chi connectivity index (χ3v) is 7.96. The largest absolute Gasteiger partial charge is 0.454 e. The van der Waals surface area contributed by atoms with Crippen LogP contribution in [0.15, 0.2) is 24.3 Å². The van der Waals surface area contributed by atoms with Crippen LogP contribution in [0.5, 0.6) is 0 Å². The van der Waals surface area contributed by atoms with Crippen molar-refractivity contribution in [3.63, 3.8) is 0 Å². The van der Waals surface area contributed by atoms with Crippen LogP contribution in [0.1, 0.15) is 30.1 Å². The molecular weight excluding hydrogens is 524 g/mol. The Labute approximate surface area is 189 Å². The van der Waals surface area contributed by atoms with E-state index in [0.717, 1.165) is 4.90 Å². The molecule has 2 fully saturated rings. The number of esters is 1. The Morgan fingerprint density at radius 1 is 1.03 bits per heavy atom. The van der Waals surface area contributed by atoms with Crippen LogP contribution in [0.4, 0.5) is 5.69 Å². The van der Waals surface area contributed by atoms with Gasteiger partial charge in [0.15, 0.2) is 12.4 Å². The number of anilines is 1. The number of imide groups is 1. The molecule has 3 amide bonds. The second kappa shape index (κ2) is 9.38. The summed E-state index contributed by atoms with van der Waals surface area (Å²) >= 11 is 7.01. The first-order valence-electron chi connectivity index (χ1n) is 9.37. The van der Waals surface area contributed by atoms with Crippen LogP contribution in [-0.2, 0) is 23.9 Å². The van der Waals surface area contributed by atoms with Gasteiger partial charge in [0.25, 0.3) is 5.91 Å². The average molecular weight is 544 g/mol. The summed E-state index contributed by atoms with van der Waals surface area (Å²) in [6.07, 6.45) is 1.03. The maximum Gasteiger partial charge on any atom is 0.326 e. The zero-order chi connectivity index (χ0) is 22.0. The van der Waals surface area contributed by atoms with Crippen molar-refractivity contribution in [3.8, 4) is 0 Å². The Kier molecular flexibility index (Phi) is 7.07. The minimum Gasteiger partial charge on any atom is -0.454 e. The topological polar surface area (TPSA) is 110 Å². The van der Waals surface area contributed by atoms with Gasteiger partial charge >= 0.3 is 5.97 Å². The van der Waals surface area contributed by atoms with Crippen LogP contribution in [0.3, 0.4) is 0 Å². The van der Waals surface area contributed by atoms with E-state index in [1.54, 1.807) is 24.3 Å². The van der Waals surface area contributed by atoms with E-state index in [-0.39, 0.29) is 27.3 Å². The molecule has 4 atom stereocenters. The van der Waals surface area contributed by atoms with Gasteiger partial charge in [0, 0.05) is 20.9 Å². The lowest BCUT2D eigenvalue weighted by atomic mass is 9.81. The fourth-order valence-corrected chi connectivity index (χ4v) is 4.86. The van der Waals surface area contributed by atoms with E-state index >= 15 is 0 Å². The highest BCUT2D eigenvalue weighted by Crippen LogP contribution is 2.43. The highest BCUT2D eigenvalue weighted by atomic mass is 79.9. The molecule has 1 saturated heterocycles.